The molecule has 0 aliphatic carbocycles. The largest absolute Gasteiger partial charge is 0.306 e. The van der Waals surface area contributed by atoms with Crippen LogP contribution in [0.15, 0.2) is 5.38 Å². The summed E-state index contributed by atoms with van der Waals surface area (Å²) in [5, 5.41) is 6.64. The first-order valence-electron chi connectivity index (χ1n) is 6.80. The van der Waals surface area contributed by atoms with Crippen molar-refractivity contribution < 1.29 is 8.42 Å². The van der Waals surface area contributed by atoms with Gasteiger partial charge in [0.25, 0.3) is 0 Å². The number of thiazole rings is 1. The second-order valence-corrected chi connectivity index (χ2v) is 8.66. The lowest BCUT2D eigenvalue weighted by molar-refractivity contribution is 0.305. The second-order valence-electron chi connectivity index (χ2n) is 5.50. The Kier molecular flexibility index (Phi) is 4.32. The average molecular weight is 302 g/mol. The highest BCUT2D eigenvalue weighted by Crippen LogP contribution is 2.36. The molecule has 0 amide bonds. The molecule has 0 atom stereocenters. The van der Waals surface area contributed by atoms with E-state index in [0.29, 0.717) is 18.8 Å². The van der Waals surface area contributed by atoms with Crippen LogP contribution in [0.3, 0.4) is 0 Å². The monoisotopic (exact) mass is 302 g/mol. The molecule has 0 aromatic carbocycles. The summed E-state index contributed by atoms with van der Waals surface area (Å²) in [7, 11) is -2.85. The Morgan fingerprint density at radius 2 is 2.05 bits per heavy atom. The summed E-state index contributed by atoms with van der Waals surface area (Å²) in [5.41, 5.74) is 0.864. The molecule has 1 aromatic heterocycles. The number of sulfone groups is 1. The van der Waals surface area contributed by atoms with E-state index < -0.39 is 9.84 Å². The molecule has 1 aromatic rings. The number of aromatic nitrogens is 1. The summed E-state index contributed by atoms with van der Waals surface area (Å²) >= 11 is 1.65. The quantitative estimate of drug-likeness (QED) is 0.927. The van der Waals surface area contributed by atoms with Crippen LogP contribution in [-0.2, 0) is 15.4 Å². The summed E-state index contributed by atoms with van der Waals surface area (Å²) in [6.45, 7) is 7.15. The number of nitrogens with zero attached hydrogens (tertiary/aromatic N) is 1. The van der Waals surface area contributed by atoms with Crippen LogP contribution < -0.4 is 5.32 Å². The zero-order valence-corrected chi connectivity index (χ0v) is 13.4. The van der Waals surface area contributed by atoms with Crippen molar-refractivity contribution in [3.8, 4) is 0 Å². The third kappa shape index (κ3) is 3.17. The van der Waals surface area contributed by atoms with Gasteiger partial charge in [-0.3, -0.25) is 0 Å². The SMILES string of the molecule is CCNC1(c2nc(C(C)C)cs2)CCS(=O)(=O)CC1. The maximum absolute atomic E-state index is 11.6. The van der Waals surface area contributed by atoms with Crippen molar-refractivity contribution in [1.82, 2.24) is 10.3 Å². The van der Waals surface area contributed by atoms with Gasteiger partial charge in [-0.1, -0.05) is 20.8 Å². The van der Waals surface area contributed by atoms with E-state index in [2.05, 4.69) is 31.5 Å². The number of hydrogen-bond donors (Lipinski definition) is 1. The minimum Gasteiger partial charge on any atom is -0.306 e. The first-order chi connectivity index (χ1) is 8.88. The average Bonchev–Trinajstić information content (AvgIpc) is 2.83. The Balaban J connectivity index is 2.29. The molecule has 1 saturated heterocycles. The van der Waals surface area contributed by atoms with Crippen LogP contribution in [0.2, 0.25) is 0 Å². The second kappa shape index (κ2) is 5.50. The van der Waals surface area contributed by atoms with Crippen LogP contribution >= 0.6 is 11.3 Å². The number of nitrogens with one attached hydrogen (secondary N) is 1. The van der Waals surface area contributed by atoms with Gasteiger partial charge < -0.3 is 5.32 Å². The lowest BCUT2D eigenvalue weighted by Crippen LogP contribution is -2.48. The minimum absolute atomic E-state index is 0.238. The van der Waals surface area contributed by atoms with Crippen molar-refractivity contribution in [2.75, 3.05) is 18.1 Å². The van der Waals surface area contributed by atoms with Crippen LogP contribution in [0.4, 0.5) is 0 Å². The van der Waals surface area contributed by atoms with Crippen LogP contribution in [0.5, 0.6) is 0 Å². The summed E-state index contributed by atoms with van der Waals surface area (Å²) in [6.07, 6.45) is 1.27. The molecule has 0 unspecified atom stereocenters. The molecule has 0 saturated carbocycles. The number of rotatable bonds is 4. The maximum atomic E-state index is 11.6. The fourth-order valence-electron chi connectivity index (χ4n) is 2.46. The standard InChI is InChI=1S/C13H22N2O2S2/c1-4-14-13(5-7-19(16,17)8-6-13)12-15-11(9-18-12)10(2)3/h9-10,14H,4-8H2,1-3H3. The Morgan fingerprint density at radius 3 is 2.53 bits per heavy atom. The van der Waals surface area contributed by atoms with Gasteiger partial charge in [0.2, 0.25) is 0 Å². The van der Waals surface area contributed by atoms with Gasteiger partial charge in [0.05, 0.1) is 22.7 Å². The van der Waals surface area contributed by atoms with Gasteiger partial charge in [0.15, 0.2) is 0 Å². The van der Waals surface area contributed by atoms with Crippen molar-refractivity contribution in [2.24, 2.45) is 0 Å². The highest BCUT2D eigenvalue weighted by atomic mass is 32.2. The molecule has 2 heterocycles. The fraction of sp³-hybridized carbons (Fsp3) is 0.769. The van der Waals surface area contributed by atoms with E-state index in [1.54, 1.807) is 11.3 Å². The third-order valence-electron chi connectivity index (χ3n) is 3.72. The van der Waals surface area contributed by atoms with Gasteiger partial charge in [0, 0.05) is 5.38 Å². The van der Waals surface area contributed by atoms with Crippen molar-refractivity contribution in [1.29, 1.82) is 0 Å². The lowest BCUT2D eigenvalue weighted by Gasteiger charge is -2.36. The molecule has 1 aliphatic rings. The van der Waals surface area contributed by atoms with Crippen LogP contribution in [0.25, 0.3) is 0 Å². The molecule has 2 rings (SSSR count). The fourth-order valence-corrected chi connectivity index (χ4v) is 5.20. The van der Waals surface area contributed by atoms with Gasteiger partial charge in [-0.2, -0.15) is 0 Å². The van der Waals surface area contributed by atoms with E-state index in [4.69, 9.17) is 4.98 Å². The summed E-state index contributed by atoms with van der Waals surface area (Å²) in [6, 6.07) is 0. The zero-order valence-electron chi connectivity index (χ0n) is 11.8. The van der Waals surface area contributed by atoms with Gasteiger partial charge in [-0.15, -0.1) is 11.3 Å². The van der Waals surface area contributed by atoms with Gasteiger partial charge in [0.1, 0.15) is 14.8 Å². The molecule has 1 aliphatic heterocycles. The molecule has 6 heteroatoms. The van der Waals surface area contributed by atoms with Crippen molar-refractivity contribution in [3.05, 3.63) is 16.1 Å². The summed E-state index contributed by atoms with van der Waals surface area (Å²) in [5.74, 6) is 0.934. The van der Waals surface area contributed by atoms with Gasteiger partial charge in [-0.05, 0) is 25.3 Å². The smallest absolute Gasteiger partial charge is 0.150 e. The third-order valence-corrected chi connectivity index (χ3v) is 6.43. The van der Waals surface area contributed by atoms with Crippen molar-refractivity contribution in [2.45, 2.75) is 45.1 Å². The van der Waals surface area contributed by atoms with E-state index in [1.165, 1.54) is 0 Å². The van der Waals surface area contributed by atoms with Crippen molar-refractivity contribution in [3.63, 3.8) is 0 Å². The van der Waals surface area contributed by atoms with E-state index >= 15 is 0 Å². The van der Waals surface area contributed by atoms with Crippen LogP contribution in [0, 0.1) is 0 Å². The molecule has 1 N–H and O–H groups in total. The first-order valence-corrected chi connectivity index (χ1v) is 9.50. The maximum Gasteiger partial charge on any atom is 0.150 e. The predicted octanol–water partition coefficient (Wildman–Crippen LogP) is 2.28. The van der Waals surface area contributed by atoms with Crippen LogP contribution in [0.1, 0.15) is 50.2 Å². The Morgan fingerprint density at radius 1 is 1.42 bits per heavy atom. The summed E-state index contributed by atoms with van der Waals surface area (Å²) in [4.78, 5) is 4.73. The first kappa shape index (κ1) is 14.9. The predicted molar refractivity (Wildman–Crippen MR) is 79.4 cm³/mol. The Hall–Kier alpha value is -0.460. The molecule has 0 spiro atoms. The normalized spacial score (nSPS) is 21.7. The molecule has 1 fully saturated rings. The highest BCUT2D eigenvalue weighted by Gasteiger charge is 2.40. The Bertz CT molecular complexity index is 521. The minimum atomic E-state index is -2.85. The zero-order chi connectivity index (χ0) is 14.1. The molecule has 0 radical (unpaired) electrons. The molecular formula is C13H22N2O2S2. The molecule has 0 bridgehead atoms. The molecule has 108 valence electrons. The van der Waals surface area contributed by atoms with Crippen molar-refractivity contribution >= 4 is 21.2 Å². The van der Waals surface area contributed by atoms with E-state index in [-0.39, 0.29) is 17.0 Å². The van der Waals surface area contributed by atoms with Crippen LogP contribution in [-0.4, -0.2) is 31.5 Å². The van der Waals surface area contributed by atoms with Gasteiger partial charge in [-0.25, -0.2) is 13.4 Å². The number of hydrogen-bond acceptors (Lipinski definition) is 5. The lowest BCUT2D eigenvalue weighted by atomic mass is 9.93. The summed E-state index contributed by atoms with van der Waals surface area (Å²) < 4.78 is 23.3. The van der Waals surface area contributed by atoms with Gasteiger partial charge >= 0.3 is 0 Å². The topological polar surface area (TPSA) is 59.1 Å². The highest BCUT2D eigenvalue weighted by molar-refractivity contribution is 7.91. The van der Waals surface area contributed by atoms with E-state index in [1.807, 2.05) is 0 Å². The molecule has 19 heavy (non-hydrogen) atoms. The molecule has 4 nitrogen and oxygen atoms in total. The molecular weight excluding hydrogens is 280 g/mol. The van der Waals surface area contributed by atoms with E-state index in [0.717, 1.165) is 17.2 Å². The Labute approximate surface area is 119 Å². The van der Waals surface area contributed by atoms with E-state index in [9.17, 15) is 8.42 Å².